The molecule has 0 unspecified atom stereocenters. The van der Waals surface area contributed by atoms with Crippen LogP contribution in [0.5, 0.6) is 0 Å². The molecule has 2 rings (SSSR count). The molecule has 0 amide bonds. The predicted molar refractivity (Wildman–Crippen MR) is 71.9 cm³/mol. The third-order valence-corrected chi connectivity index (χ3v) is 3.52. The molecule has 2 heterocycles. The molecule has 1 aromatic heterocycles. The van der Waals surface area contributed by atoms with Gasteiger partial charge in [0.05, 0.1) is 6.61 Å². The highest BCUT2D eigenvalue weighted by atomic mass is 79.9. The first kappa shape index (κ1) is 13.0. The molecule has 1 aliphatic heterocycles. The van der Waals surface area contributed by atoms with E-state index in [-0.39, 0.29) is 0 Å². The summed E-state index contributed by atoms with van der Waals surface area (Å²) < 4.78 is 6.56. The van der Waals surface area contributed by atoms with Crippen LogP contribution in [0.15, 0.2) is 22.9 Å². The Balaban J connectivity index is 1.62. The summed E-state index contributed by atoms with van der Waals surface area (Å²) in [5.74, 6) is 0. The highest BCUT2D eigenvalue weighted by Gasteiger charge is 2.11. The van der Waals surface area contributed by atoms with Crippen LogP contribution in [0.1, 0.15) is 31.2 Å². The van der Waals surface area contributed by atoms with Gasteiger partial charge in [0.1, 0.15) is 4.60 Å². The highest BCUT2D eigenvalue weighted by Crippen LogP contribution is 2.12. The summed E-state index contributed by atoms with van der Waals surface area (Å²) in [6.07, 6.45) is 6.89. The van der Waals surface area contributed by atoms with Crippen molar-refractivity contribution < 1.29 is 4.74 Å². The standard InChI is InChI=1S/C13H19BrN2O/c14-13-9-11(4-7-16-13)10-17-8-5-12-3-1-2-6-15-12/h4,7,9,12,15H,1-3,5-6,8,10H2/t12-/m1/s1. The second-order valence-corrected chi connectivity index (χ2v) is 5.29. The second kappa shape index (κ2) is 7.09. The molecule has 3 nitrogen and oxygen atoms in total. The van der Waals surface area contributed by atoms with Crippen molar-refractivity contribution in [3.63, 3.8) is 0 Å². The van der Waals surface area contributed by atoms with Gasteiger partial charge < -0.3 is 10.1 Å². The summed E-state index contributed by atoms with van der Waals surface area (Å²) in [6.45, 7) is 2.67. The van der Waals surface area contributed by atoms with Gasteiger partial charge in [-0.15, -0.1) is 0 Å². The van der Waals surface area contributed by atoms with Crippen molar-refractivity contribution in [1.82, 2.24) is 10.3 Å². The first-order valence-electron chi connectivity index (χ1n) is 6.26. The second-order valence-electron chi connectivity index (χ2n) is 4.47. The molecule has 4 heteroatoms. The fourth-order valence-corrected chi connectivity index (χ4v) is 2.53. The monoisotopic (exact) mass is 298 g/mol. The van der Waals surface area contributed by atoms with Gasteiger partial charge in [0.25, 0.3) is 0 Å². The van der Waals surface area contributed by atoms with E-state index < -0.39 is 0 Å². The highest BCUT2D eigenvalue weighted by molar-refractivity contribution is 9.10. The first-order chi connectivity index (χ1) is 8.34. The van der Waals surface area contributed by atoms with Crippen molar-refractivity contribution in [3.05, 3.63) is 28.5 Å². The summed E-state index contributed by atoms with van der Waals surface area (Å²) >= 11 is 3.36. The first-order valence-corrected chi connectivity index (χ1v) is 7.05. The van der Waals surface area contributed by atoms with Crippen LogP contribution in [-0.4, -0.2) is 24.2 Å². The van der Waals surface area contributed by atoms with E-state index in [1.807, 2.05) is 12.1 Å². The van der Waals surface area contributed by atoms with Crippen molar-refractivity contribution in [2.24, 2.45) is 0 Å². The van der Waals surface area contributed by atoms with E-state index in [4.69, 9.17) is 4.74 Å². The number of piperidine rings is 1. The van der Waals surface area contributed by atoms with Crippen LogP contribution < -0.4 is 5.32 Å². The minimum Gasteiger partial charge on any atom is -0.377 e. The SMILES string of the molecule is Brc1cc(COCC[C@H]2CCCCN2)ccn1. The quantitative estimate of drug-likeness (QED) is 0.670. The number of pyridine rings is 1. The molecule has 1 atom stereocenters. The van der Waals surface area contributed by atoms with Crippen LogP contribution in [0.4, 0.5) is 0 Å². The lowest BCUT2D eigenvalue weighted by molar-refractivity contribution is 0.108. The van der Waals surface area contributed by atoms with Gasteiger partial charge in [-0.1, -0.05) is 6.42 Å². The predicted octanol–water partition coefficient (Wildman–Crippen LogP) is 2.89. The van der Waals surface area contributed by atoms with Gasteiger partial charge >= 0.3 is 0 Å². The van der Waals surface area contributed by atoms with Crippen LogP contribution in [0.25, 0.3) is 0 Å². The minimum absolute atomic E-state index is 0.660. The summed E-state index contributed by atoms with van der Waals surface area (Å²) in [6, 6.07) is 4.65. The van der Waals surface area contributed by atoms with Crippen molar-refractivity contribution in [1.29, 1.82) is 0 Å². The number of nitrogens with zero attached hydrogens (tertiary/aromatic N) is 1. The van der Waals surface area contributed by atoms with Crippen LogP contribution in [-0.2, 0) is 11.3 Å². The molecular weight excluding hydrogens is 280 g/mol. The van der Waals surface area contributed by atoms with E-state index >= 15 is 0 Å². The average Bonchev–Trinajstić information content (AvgIpc) is 2.36. The van der Waals surface area contributed by atoms with Gasteiger partial charge in [0.15, 0.2) is 0 Å². The normalized spacial score (nSPS) is 20.4. The zero-order chi connectivity index (χ0) is 11.9. The van der Waals surface area contributed by atoms with E-state index in [0.717, 1.165) is 17.6 Å². The van der Waals surface area contributed by atoms with E-state index in [1.54, 1.807) is 6.20 Å². The maximum Gasteiger partial charge on any atom is 0.106 e. The third-order valence-electron chi connectivity index (χ3n) is 3.08. The summed E-state index contributed by atoms with van der Waals surface area (Å²) in [7, 11) is 0. The molecule has 1 N–H and O–H groups in total. The van der Waals surface area contributed by atoms with Gasteiger partial charge in [-0.3, -0.25) is 0 Å². The molecule has 0 bridgehead atoms. The van der Waals surface area contributed by atoms with Crippen molar-refractivity contribution in [2.45, 2.75) is 38.3 Å². The van der Waals surface area contributed by atoms with Gasteiger partial charge in [-0.2, -0.15) is 0 Å². The largest absolute Gasteiger partial charge is 0.377 e. The van der Waals surface area contributed by atoms with Gasteiger partial charge in [-0.25, -0.2) is 4.98 Å². The van der Waals surface area contributed by atoms with Crippen LogP contribution >= 0.6 is 15.9 Å². The Bertz CT molecular complexity index is 340. The lowest BCUT2D eigenvalue weighted by Gasteiger charge is -2.23. The number of hydrogen-bond donors (Lipinski definition) is 1. The van der Waals surface area contributed by atoms with Crippen LogP contribution in [0.2, 0.25) is 0 Å². The van der Waals surface area contributed by atoms with Crippen LogP contribution in [0.3, 0.4) is 0 Å². The Hall–Kier alpha value is -0.450. The van der Waals surface area contributed by atoms with E-state index in [2.05, 4.69) is 26.2 Å². The molecule has 94 valence electrons. The lowest BCUT2D eigenvalue weighted by atomic mass is 10.0. The van der Waals surface area contributed by atoms with Gasteiger partial charge in [-0.05, 0) is 59.4 Å². The fraction of sp³-hybridized carbons (Fsp3) is 0.615. The van der Waals surface area contributed by atoms with Gasteiger partial charge in [0, 0.05) is 18.8 Å². The van der Waals surface area contributed by atoms with E-state index in [9.17, 15) is 0 Å². The zero-order valence-corrected chi connectivity index (χ0v) is 11.6. The average molecular weight is 299 g/mol. The molecule has 0 aromatic carbocycles. The molecule has 1 aromatic rings. The molecule has 17 heavy (non-hydrogen) atoms. The Morgan fingerprint density at radius 1 is 1.47 bits per heavy atom. The molecule has 0 saturated carbocycles. The topological polar surface area (TPSA) is 34.1 Å². The molecule has 0 radical (unpaired) electrons. The molecular formula is C13H19BrN2O. The van der Waals surface area contributed by atoms with E-state index in [1.165, 1.54) is 31.4 Å². The number of hydrogen-bond acceptors (Lipinski definition) is 3. The van der Waals surface area contributed by atoms with Crippen molar-refractivity contribution >= 4 is 15.9 Å². The maximum atomic E-state index is 5.69. The Labute approximate surface area is 111 Å². The summed E-state index contributed by atoms with van der Waals surface area (Å²) in [4.78, 5) is 4.09. The molecule has 1 fully saturated rings. The number of nitrogens with one attached hydrogen (secondary N) is 1. The number of ether oxygens (including phenoxy) is 1. The summed E-state index contributed by atoms with van der Waals surface area (Å²) in [5.41, 5.74) is 1.17. The van der Waals surface area contributed by atoms with Crippen molar-refractivity contribution in [2.75, 3.05) is 13.2 Å². The van der Waals surface area contributed by atoms with Crippen molar-refractivity contribution in [3.8, 4) is 0 Å². The molecule has 1 saturated heterocycles. The Morgan fingerprint density at radius 2 is 2.41 bits per heavy atom. The molecule has 1 aliphatic rings. The third kappa shape index (κ3) is 4.74. The number of rotatable bonds is 5. The van der Waals surface area contributed by atoms with E-state index in [0.29, 0.717) is 12.6 Å². The lowest BCUT2D eigenvalue weighted by Crippen LogP contribution is -2.34. The van der Waals surface area contributed by atoms with Crippen LogP contribution in [0, 0.1) is 0 Å². The van der Waals surface area contributed by atoms with Gasteiger partial charge in [0.2, 0.25) is 0 Å². The Kier molecular flexibility index (Phi) is 5.42. The summed E-state index contributed by atoms with van der Waals surface area (Å²) in [5, 5.41) is 3.53. The fourth-order valence-electron chi connectivity index (χ4n) is 2.12. The number of halogens is 1. The maximum absolute atomic E-state index is 5.69. The number of aromatic nitrogens is 1. The smallest absolute Gasteiger partial charge is 0.106 e. The minimum atomic E-state index is 0.660. The zero-order valence-electron chi connectivity index (χ0n) is 9.99. The molecule has 0 aliphatic carbocycles. The molecule has 0 spiro atoms. The Morgan fingerprint density at radius 3 is 3.18 bits per heavy atom.